The van der Waals surface area contributed by atoms with Crippen LogP contribution in [0.15, 0.2) is 0 Å². The van der Waals surface area contributed by atoms with Crippen molar-refractivity contribution in [2.45, 2.75) is 38.7 Å². The number of hydrogen-bond donors (Lipinski definition) is 1. The van der Waals surface area contributed by atoms with E-state index in [9.17, 15) is 0 Å². The molecule has 1 saturated heterocycles. The van der Waals surface area contributed by atoms with Crippen molar-refractivity contribution in [2.24, 2.45) is 5.92 Å². The van der Waals surface area contributed by atoms with Crippen LogP contribution in [0.2, 0.25) is 0 Å². The van der Waals surface area contributed by atoms with E-state index in [2.05, 4.69) is 12.2 Å². The zero-order valence-corrected chi connectivity index (χ0v) is 8.31. The van der Waals surface area contributed by atoms with E-state index in [0.717, 1.165) is 19.1 Å². The summed E-state index contributed by atoms with van der Waals surface area (Å²) in [5.74, 6) is 0.791. The molecule has 2 heteroatoms. The molecule has 0 aromatic rings. The Morgan fingerprint density at radius 2 is 2.42 bits per heavy atom. The molecule has 2 unspecified atom stereocenters. The smallest absolute Gasteiger partial charge is 0.0576 e. The lowest BCUT2D eigenvalue weighted by molar-refractivity contribution is 0.0987. The van der Waals surface area contributed by atoms with Crippen molar-refractivity contribution in [3.63, 3.8) is 0 Å². The van der Waals surface area contributed by atoms with Gasteiger partial charge in [-0.1, -0.05) is 6.92 Å². The van der Waals surface area contributed by atoms with Crippen LogP contribution in [0.3, 0.4) is 0 Å². The molecule has 0 radical (unpaired) electrons. The van der Waals surface area contributed by atoms with Crippen LogP contribution in [-0.2, 0) is 4.74 Å². The van der Waals surface area contributed by atoms with Gasteiger partial charge in [-0.15, -0.1) is 0 Å². The molecule has 1 aliphatic heterocycles. The first-order valence-corrected chi connectivity index (χ1v) is 5.09. The predicted octanol–water partition coefficient (Wildman–Crippen LogP) is 1.80. The first kappa shape index (κ1) is 10.0. The second-order valence-corrected chi connectivity index (χ2v) is 3.88. The molecule has 1 N–H and O–H groups in total. The van der Waals surface area contributed by atoms with E-state index < -0.39 is 0 Å². The van der Waals surface area contributed by atoms with Crippen molar-refractivity contribution >= 4 is 0 Å². The summed E-state index contributed by atoms with van der Waals surface area (Å²) in [5, 5.41) is 3.20. The first-order valence-electron chi connectivity index (χ1n) is 5.09. The second-order valence-electron chi connectivity index (χ2n) is 3.88. The van der Waals surface area contributed by atoms with Crippen LogP contribution < -0.4 is 5.32 Å². The van der Waals surface area contributed by atoms with E-state index in [1.807, 2.05) is 7.05 Å². The molecule has 0 bridgehead atoms. The van der Waals surface area contributed by atoms with Crippen LogP contribution in [-0.4, -0.2) is 26.3 Å². The standard InChI is InChI=1S/C10H21NO/c1-9(8-11-2)5-6-10-4-3-7-12-10/h9-11H,3-8H2,1-2H3. The van der Waals surface area contributed by atoms with Gasteiger partial charge in [-0.3, -0.25) is 0 Å². The van der Waals surface area contributed by atoms with Gasteiger partial charge in [0.05, 0.1) is 6.10 Å². The summed E-state index contributed by atoms with van der Waals surface area (Å²) < 4.78 is 5.56. The first-order chi connectivity index (χ1) is 5.83. The molecule has 72 valence electrons. The number of nitrogens with one attached hydrogen (secondary N) is 1. The van der Waals surface area contributed by atoms with Gasteiger partial charge in [-0.2, -0.15) is 0 Å². The molecule has 1 rings (SSSR count). The van der Waals surface area contributed by atoms with E-state index >= 15 is 0 Å². The average molecular weight is 171 g/mol. The van der Waals surface area contributed by atoms with Gasteiger partial charge in [-0.05, 0) is 45.2 Å². The molecular formula is C10H21NO. The average Bonchev–Trinajstić information content (AvgIpc) is 2.53. The quantitative estimate of drug-likeness (QED) is 0.681. The van der Waals surface area contributed by atoms with Gasteiger partial charge in [0, 0.05) is 6.61 Å². The Balaban J connectivity index is 1.99. The SMILES string of the molecule is CNCC(C)CCC1CCCO1. The molecule has 12 heavy (non-hydrogen) atoms. The highest BCUT2D eigenvalue weighted by molar-refractivity contribution is 4.66. The van der Waals surface area contributed by atoms with Crippen molar-refractivity contribution in [1.29, 1.82) is 0 Å². The molecule has 1 aliphatic rings. The normalized spacial score (nSPS) is 26.0. The summed E-state index contributed by atoms with van der Waals surface area (Å²) in [6.45, 7) is 4.42. The molecule has 0 aromatic carbocycles. The van der Waals surface area contributed by atoms with E-state index in [0.29, 0.717) is 6.10 Å². The highest BCUT2D eigenvalue weighted by atomic mass is 16.5. The van der Waals surface area contributed by atoms with Crippen molar-refractivity contribution in [2.75, 3.05) is 20.2 Å². The summed E-state index contributed by atoms with van der Waals surface area (Å²) in [6, 6.07) is 0. The van der Waals surface area contributed by atoms with E-state index in [1.54, 1.807) is 0 Å². The van der Waals surface area contributed by atoms with E-state index in [4.69, 9.17) is 4.74 Å². The fraction of sp³-hybridized carbons (Fsp3) is 1.00. The Kier molecular flexibility index (Phi) is 4.62. The second kappa shape index (κ2) is 5.55. The van der Waals surface area contributed by atoms with Crippen molar-refractivity contribution in [1.82, 2.24) is 5.32 Å². The van der Waals surface area contributed by atoms with Gasteiger partial charge >= 0.3 is 0 Å². The molecule has 2 atom stereocenters. The van der Waals surface area contributed by atoms with Gasteiger partial charge in [-0.25, -0.2) is 0 Å². The highest BCUT2D eigenvalue weighted by Crippen LogP contribution is 2.18. The summed E-state index contributed by atoms with van der Waals surface area (Å²) in [5.41, 5.74) is 0. The fourth-order valence-corrected chi connectivity index (χ4v) is 1.79. The fourth-order valence-electron chi connectivity index (χ4n) is 1.79. The van der Waals surface area contributed by atoms with Crippen LogP contribution in [0.25, 0.3) is 0 Å². The lowest BCUT2D eigenvalue weighted by atomic mass is 10.0. The predicted molar refractivity (Wildman–Crippen MR) is 51.3 cm³/mol. The van der Waals surface area contributed by atoms with Crippen LogP contribution in [0.5, 0.6) is 0 Å². The molecule has 0 spiro atoms. The molecule has 0 aromatic heterocycles. The maximum Gasteiger partial charge on any atom is 0.0576 e. The van der Waals surface area contributed by atoms with Gasteiger partial charge in [0.2, 0.25) is 0 Å². The van der Waals surface area contributed by atoms with Gasteiger partial charge < -0.3 is 10.1 Å². The Labute approximate surface area is 75.7 Å². The highest BCUT2D eigenvalue weighted by Gasteiger charge is 2.15. The van der Waals surface area contributed by atoms with Gasteiger partial charge in [0.15, 0.2) is 0 Å². The van der Waals surface area contributed by atoms with E-state index in [1.165, 1.54) is 25.7 Å². The van der Waals surface area contributed by atoms with E-state index in [-0.39, 0.29) is 0 Å². The Bertz CT molecular complexity index is 110. The summed E-state index contributed by atoms with van der Waals surface area (Å²) in [6.07, 6.45) is 5.68. The summed E-state index contributed by atoms with van der Waals surface area (Å²) in [4.78, 5) is 0. The summed E-state index contributed by atoms with van der Waals surface area (Å²) in [7, 11) is 2.02. The maximum atomic E-state index is 5.56. The maximum absolute atomic E-state index is 5.56. The minimum absolute atomic E-state index is 0.573. The Morgan fingerprint density at radius 1 is 1.58 bits per heavy atom. The number of ether oxygens (including phenoxy) is 1. The zero-order chi connectivity index (χ0) is 8.81. The van der Waals surface area contributed by atoms with Crippen molar-refractivity contribution in [3.8, 4) is 0 Å². The third kappa shape index (κ3) is 3.55. The third-order valence-electron chi connectivity index (χ3n) is 2.56. The van der Waals surface area contributed by atoms with Crippen molar-refractivity contribution < 1.29 is 4.74 Å². The molecule has 0 aliphatic carbocycles. The molecule has 2 nitrogen and oxygen atoms in total. The zero-order valence-electron chi connectivity index (χ0n) is 8.31. The lowest BCUT2D eigenvalue weighted by Crippen LogP contribution is -2.17. The largest absolute Gasteiger partial charge is 0.378 e. The molecule has 0 amide bonds. The van der Waals surface area contributed by atoms with Crippen LogP contribution in [0.4, 0.5) is 0 Å². The molecular weight excluding hydrogens is 150 g/mol. The van der Waals surface area contributed by atoms with Gasteiger partial charge in [0.1, 0.15) is 0 Å². The van der Waals surface area contributed by atoms with Crippen LogP contribution in [0.1, 0.15) is 32.6 Å². The third-order valence-corrected chi connectivity index (χ3v) is 2.56. The number of rotatable bonds is 5. The monoisotopic (exact) mass is 171 g/mol. The molecule has 1 fully saturated rings. The lowest BCUT2D eigenvalue weighted by Gasteiger charge is -2.13. The topological polar surface area (TPSA) is 21.3 Å². The minimum atomic E-state index is 0.573. The summed E-state index contributed by atoms with van der Waals surface area (Å²) >= 11 is 0. The van der Waals surface area contributed by atoms with Crippen LogP contribution >= 0.6 is 0 Å². The Hall–Kier alpha value is -0.0800. The molecule has 1 heterocycles. The Morgan fingerprint density at radius 3 is 3.00 bits per heavy atom. The minimum Gasteiger partial charge on any atom is -0.378 e. The van der Waals surface area contributed by atoms with Crippen LogP contribution in [0, 0.1) is 5.92 Å². The van der Waals surface area contributed by atoms with Crippen molar-refractivity contribution in [3.05, 3.63) is 0 Å². The number of hydrogen-bond acceptors (Lipinski definition) is 2. The molecule has 0 saturated carbocycles. The van der Waals surface area contributed by atoms with Gasteiger partial charge in [0.25, 0.3) is 0 Å².